The number of carbonyl (C=O) groups excluding carboxylic acids is 1. The number of amides is 1. The number of anilines is 2. The van der Waals surface area contributed by atoms with Crippen LogP contribution in [-0.2, 0) is 23.0 Å². The van der Waals surface area contributed by atoms with Crippen LogP contribution in [0.3, 0.4) is 0 Å². The van der Waals surface area contributed by atoms with Crippen LogP contribution in [0.4, 0.5) is 10.7 Å². The van der Waals surface area contributed by atoms with Crippen LogP contribution in [0.2, 0.25) is 0 Å². The van der Waals surface area contributed by atoms with E-state index in [0.29, 0.717) is 17.0 Å². The number of nitrogens with one attached hydrogen (secondary N) is 2. The van der Waals surface area contributed by atoms with E-state index in [1.165, 1.54) is 35.7 Å². The molecule has 204 valence electrons. The summed E-state index contributed by atoms with van der Waals surface area (Å²) in [4.78, 5) is 22.0. The van der Waals surface area contributed by atoms with E-state index >= 15 is 0 Å². The van der Waals surface area contributed by atoms with E-state index in [1.807, 2.05) is 18.2 Å². The summed E-state index contributed by atoms with van der Waals surface area (Å²) in [6, 6.07) is 20.6. The van der Waals surface area contributed by atoms with Crippen molar-refractivity contribution in [3.05, 3.63) is 88.8 Å². The number of hydrogen-bond donors (Lipinski definition) is 2. The number of ether oxygens (including phenoxy) is 1. The van der Waals surface area contributed by atoms with Gasteiger partial charge in [-0.15, -0.1) is 22.7 Å². The van der Waals surface area contributed by atoms with E-state index in [9.17, 15) is 13.2 Å². The summed E-state index contributed by atoms with van der Waals surface area (Å²) >= 11 is 3.20. The summed E-state index contributed by atoms with van der Waals surface area (Å²) in [6.45, 7) is 1.75. The minimum atomic E-state index is -3.85. The van der Waals surface area contributed by atoms with Crippen molar-refractivity contribution in [2.45, 2.75) is 17.9 Å². The largest absolute Gasteiger partial charge is 0.497 e. The van der Waals surface area contributed by atoms with Gasteiger partial charge in [0, 0.05) is 34.8 Å². The Bertz CT molecular complexity index is 1790. The molecule has 1 aliphatic rings. The van der Waals surface area contributed by atoms with E-state index in [-0.39, 0.29) is 10.8 Å². The lowest BCUT2D eigenvalue weighted by molar-refractivity contribution is 0.102. The van der Waals surface area contributed by atoms with Gasteiger partial charge >= 0.3 is 0 Å². The second-order valence-electron chi connectivity index (χ2n) is 9.50. The molecule has 5 aromatic rings. The number of para-hydroxylation sites is 1. The van der Waals surface area contributed by atoms with E-state index in [0.717, 1.165) is 45.3 Å². The smallest absolute Gasteiger partial charge is 0.261 e. The van der Waals surface area contributed by atoms with Crippen LogP contribution in [0.5, 0.6) is 5.75 Å². The van der Waals surface area contributed by atoms with E-state index in [4.69, 9.17) is 9.72 Å². The molecule has 0 aliphatic carbocycles. The highest BCUT2D eigenvalue weighted by atomic mass is 32.2. The monoisotopic (exact) mass is 590 g/mol. The first-order valence-electron chi connectivity index (χ1n) is 12.6. The number of sulfonamides is 1. The first-order chi connectivity index (χ1) is 19.3. The first-order valence-corrected chi connectivity index (χ1v) is 15.7. The molecular weight excluding hydrogens is 565 g/mol. The van der Waals surface area contributed by atoms with Crippen molar-refractivity contribution in [1.82, 2.24) is 9.88 Å². The zero-order chi connectivity index (χ0) is 27.9. The zero-order valence-electron chi connectivity index (χ0n) is 21.8. The number of hydrogen-bond acceptors (Lipinski definition) is 8. The van der Waals surface area contributed by atoms with Gasteiger partial charge in [-0.05, 0) is 73.6 Å². The molecule has 40 heavy (non-hydrogen) atoms. The van der Waals surface area contributed by atoms with Crippen molar-refractivity contribution in [3.8, 4) is 16.3 Å². The van der Waals surface area contributed by atoms with Crippen molar-refractivity contribution in [2.75, 3.05) is 30.7 Å². The zero-order valence-corrected chi connectivity index (χ0v) is 24.3. The van der Waals surface area contributed by atoms with Gasteiger partial charge in [0.25, 0.3) is 15.9 Å². The maximum absolute atomic E-state index is 13.5. The molecule has 0 saturated heterocycles. The molecule has 0 atom stereocenters. The summed E-state index contributed by atoms with van der Waals surface area (Å²) in [5, 5.41) is 4.76. The average Bonchev–Trinajstić information content (AvgIpc) is 3.53. The lowest BCUT2D eigenvalue weighted by atomic mass is 10.0. The normalized spacial score (nSPS) is 13.7. The van der Waals surface area contributed by atoms with Crippen LogP contribution >= 0.6 is 22.7 Å². The number of rotatable bonds is 7. The summed E-state index contributed by atoms with van der Waals surface area (Å²) in [6.07, 6.45) is 0.881. The summed E-state index contributed by atoms with van der Waals surface area (Å²) in [5.74, 6) is 0.240. The minimum absolute atomic E-state index is 0.0952. The van der Waals surface area contributed by atoms with Crippen molar-refractivity contribution in [2.24, 2.45) is 0 Å². The van der Waals surface area contributed by atoms with Crippen molar-refractivity contribution in [1.29, 1.82) is 0 Å². The number of methoxy groups -OCH3 is 1. The van der Waals surface area contributed by atoms with Gasteiger partial charge in [0.15, 0.2) is 0 Å². The lowest BCUT2D eigenvalue weighted by Crippen LogP contribution is -2.25. The lowest BCUT2D eigenvalue weighted by Gasteiger charge is -2.22. The molecule has 2 aromatic heterocycles. The van der Waals surface area contributed by atoms with Gasteiger partial charge in [0.05, 0.1) is 22.2 Å². The molecular formula is C29H26N4O4S3. The second kappa shape index (κ2) is 10.7. The van der Waals surface area contributed by atoms with Gasteiger partial charge in [-0.2, -0.15) is 0 Å². The van der Waals surface area contributed by atoms with Crippen LogP contribution in [0.1, 0.15) is 20.8 Å². The third-order valence-electron chi connectivity index (χ3n) is 6.73. The maximum Gasteiger partial charge on any atom is 0.261 e. The van der Waals surface area contributed by atoms with Gasteiger partial charge in [-0.25, -0.2) is 13.4 Å². The molecule has 1 amide bonds. The minimum Gasteiger partial charge on any atom is -0.497 e. The van der Waals surface area contributed by atoms with Gasteiger partial charge in [-0.1, -0.05) is 18.2 Å². The van der Waals surface area contributed by atoms with E-state index in [1.54, 1.807) is 53.0 Å². The Kier molecular flexibility index (Phi) is 7.05. The molecule has 0 spiro atoms. The highest BCUT2D eigenvalue weighted by Gasteiger charge is 2.27. The van der Waals surface area contributed by atoms with Crippen LogP contribution in [0, 0.1) is 0 Å². The molecule has 1 aliphatic heterocycles. The van der Waals surface area contributed by atoms with Crippen molar-refractivity contribution in [3.63, 3.8) is 0 Å². The number of thiazole rings is 1. The van der Waals surface area contributed by atoms with Crippen LogP contribution in [0.15, 0.2) is 77.7 Å². The molecule has 2 N–H and O–H groups in total. The SMILES string of the molecule is COc1ccc(S(=O)(=O)Nc2cccc(C(=O)Nc3sc4c(c3-c3nc5ccccc5s3)CCN(C)C4)c2)cc1. The first kappa shape index (κ1) is 26.5. The molecule has 11 heteroatoms. The highest BCUT2D eigenvalue weighted by molar-refractivity contribution is 7.92. The van der Waals surface area contributed by atoms with E-state index < -0.39 is 10.0 Å². The quantitative estimate of drug-likeness (QED) is 0.239. The Morgan fingerprint density at radius 2 is 1.82 bits per heavy atom. The van der Waals surface area contributed by atoms with Crippen molar-refractivity contribution < 1.29 is 17.9 Å². The molecule has 0 saturated carbocycles. The molecule has 8 nitrogen and oxygen atoms in total. The molecule has 3 aromatic carbocycles. The molecule has 0 unspecified atom stereocenters. The Morgan fingerprint density at radius 3 is 2.60 bits per heavy atom. The number of fused-ring (bicyclic) bond motifs is 2. The van der Waals surface area contributed by atoms with Gasteiger partial charge in [0.1, 0.15) is 15.8 Å². The van der Waals surface area contributed by atoms with Crippen LogP contribution < -0.4 is 14.8 Å². The predicted molar refractivity (Wildman–Crippen MR) is 161 cm³/mol. The Balaban J connectivity index is 1.29. The fourth-order valence-electron chi connectivity index (χ4n) is 4.69. The van der Waals surface area contributed by atoms with E-state index in [2.05, 4.69) is 28.1 Å². The molecule has 3 heterocycles. The summed E-state index contributed by atoms with van der Waals surface area (Å²) in [7, 11) is -0.237. The Morgan fingerprint density at radius 1 is 1.02 bits per heavy atom. The Labute approximate surface area is 240 Å². The fraction of sp³-hybridized carbons (Fsp3) is 0.172. The second-order valence-corrected chi connectivity index (χ2v) is 13.3. The Hall–Kier alpha value is -3.77. The van der Waals surface area contributed by atoms with Crippen molar-refractivity contribution >= 4 is 59.5 Å². The number of carbonyl (C=O) groups is 1. The third kappa shape index (κ3) is 5.20. The summed E-state index contributed by atoms with van der Waals surface area (Å²) in [5.41, 5.74) is 3.79. The number of nitrogens with zero attached hydrogens (tertiary/aromatic N) is 2. The average molecular weight is 591 g/mol. The number of benzene rings is 3. The number of thiophene rings is 1. The highest BCUT2D eigenvalue weighted by Crippen LogP contribution is 2.45. The fourth-order valence-corrected chi connectivity index (χ4v) is 8.18. The molecule has 6 rings (SSSR count). The predicted octanol–water partition coefficient (Wildman–Crippen LogP) is 6.07. The van der Waals surface area contributed by atoms with Gasteiger partial charge in [0.2, 0.25) is 0 Å². The maximum atomic E-state index is 13.5. The number of aromatic nitrogens is 1. The standard InChI is InChI=1S/C29H26N4O4S3/c1-33-15-14-22-25(17-33)39-29(26(22)28-30-23-8-3-4-9-24(23)38-28)31-27(34)18-6-5-7-19(16-18)32-40(35,36)21-12-10-20(37-2)11-13-21/h3-13,16,32H,14-15,17H2,1-2H3,(H,31,34). The molecule has 0 bridgehead atoms. The topological polar surface area (TPSA) is 101 Å². The van der Waals surface area contributed by atoms with Crippen LogP contribution in [0.25, 0.3) is 20.8 Å². The third-order valence-corrected chi connectivity index (χ3v) is 10.3. The van der Waals surface area contributed by atoms with Gasteiger partial charge < -0.3 is 15.0 Å². The molecule has 0 radical (unpaired) electrons. The summed E-state index contributed by atoms with van der Waals surface area (Å²) < 4.78 is 34.6. The van der Waals surface area contributed by atoms with Gasteiger partial charge in [-0.3, -0.25) is 9.52 Å². The molecule has 0 fully saturated rings. The number of likely N-dealkylation sites (N-methyl/N-ethyl adjacent to an activating group) is 1. The van der Waals surface area contributed by atoms with Crippen LogP contribution in [-0.4, -0.2) is 44.9 Å².